The highest BCUT2D eigenvalue weighted by Crippen LogP contribution is 2.39. The average Bonchev–Trinajstić information content (AvgIpc) is 3.39. The number of hydrogen-bond donors (Lipinski definition) is 2. The fraction of sp³-hybridized carbons (Fsp3) is 0.263. The summed E-state index contributed by atoms with van der Waals surface area (Å²) in [5.41, 5.74) is 1.70. The molecule has 2 aromatic carbocycles. The summed E-state index contributed by atoms with van der Waals surface area (Å²) in [5.74, 6) is -1.18. The molecule has 1 aliphatic carbocycles. The highest BCUT2D eigenvalue weighted by Gasteiger charge is 2.47. The van der Waals surface area contributed by atoms with E-state index in [-0.39, 0.29) is 29.5 Å². The van der Waals surface area contributed by atoms with Crippen molar-refractivity contribution in [1.29, 1.82) is 0 Å². The zero-order valence-electron chi connectivity index (χ0n) is 13.2. The Morgan fingerprint density at radius 2 is 1.62 bits per heavy atom. The molecule has 5 heteroatoms. The molecule has 124 valence electrons. The van der Waals surface area contributed by atoms with Crippen molar-refractivity contribution in [2.24, 2.45) is 11.8 Å². The van der Waals surface area contributed by atoms with E-state index in [1.807, 2.05) is 30.3 Å². The van der Waals surface area contributed by atoms with E-state index in [2.05, 4.69) is 10.6 Å². The minimum atomic E-state index is -0.352. The predicted octanol–water partition coefficient (Wildman–Crippen LogP) is 2.76. The van der Waals surface area contributed by atoms with E-state index >= 15 is 0 Å². The Hall–Kier alpha value is -2.69. The average molecular weight is 326 g/mol. The van der Waals surface area contributed by atoms with Crippen LogP contribution in [-0.2, 0) is 16.0 Å². The van der Waals surface area contributed by atoms with Crippen molar-refractivity contribution in [2.75, 3.05) is 11.9 Å². The van der Waals surface area contributed by atoms with Crippen LogP contribution in [0.4, 0.5) is 10.1 Å². The molecule has 0 saturated heterocycles. The van der Waals surface area contributed by atoms with E-state index in [0.29, 0.717) is 18.7 Å². The second-order valence-corrected chi connectivity index (χ2v) is 5.97. The summed E-state index contributed by atoms with van der Waals surface area (Å²) in [6.45, 7) is 0.561. The Morgan fingerprint density at radius 3 is 2.33 bits per heavy atom. The maximum absolute atomic E-state index is 12.8. The fourth-order valence-corrected chi connectivity index (χ4v) is 2.65. The summed E-state index contributed by atoms with van der Waals surface area (Å²) in [5, 5.41) is 5.59. The van der Waals surface area contributed by atoms with Gasteiger partial charge >= 0.3 is 0 Å². The van der Waals surface area contributed by atoms with E-state index in [9.17, 15) is 14.0 Å². The second-order valence-electron chi connectivity index (χ2n) is 5.97. The number of nitrogens with one attached hydrogen (secondary N) is 2. The molecule has 2 aromatic rings. The lowest BCUT2D eigenvalue weighted by atomic mass is 10.1. The van der Waals surface area contributed by atoms with Crippen LogP contribution in [0, 0.1) is 17.7 Å². The van der Waals surface area contributed by atoms with Gasteiger partial charge in [0.05, 0.1) is 11.8 Å². The van der Waals surface area contributed by atoms with E-state index in [1.54, 1.807) is 0 Å². The van der Waals surface area contributed by atoms with Gasteiger partial charge in [0.25, 0.3) is 0 Å². The third-order valence-corrected chi connectivity index (χ3v) is 4.13. The summed E-state index contributed by atoms with van der Waals surface area (Å²) in [7, 11) is 0. The maximum atomic E-state index is 12.8. The van der Waals surface area contributed by atoms with Gasteiger partial charge in [0.2, 0.25) is 11.8 Å². The van der Waals surface area contributed by atoms with Crippen LogP contribution in [0.15, 0.2) is 54.6 Å². The van der Waals surface area contributed by atoms with Crippen molar-refractivity contribution in [3.05, 3.63) is 66.0 Å². The molecule has 4 nitrogen and oxygen atoms in total. The number of hydrogen-bond acceptors (Lipinski definition) is 2. The van der Waals surface area contributed by atoms with Crippen molar-refractivity contribution in [3.63, 3.8) is 0 Å². The highest BCUT2D eigenvalue weighted by atomic mass is 19.1. The molecule has 0 aliphatic heterocycles. The third-order valence-electron chi connectivity index (χ3n) is 4.13. The minimum absolute atomic E-state index is 0.0785. The van der Waals surface area contributed by atoms with Gasteiger partial charge in [0.1, 0.15) is 5.82 Å². The number of carbonyl (C=O) groups is 2. The van der Waals surface area contributed by atoms with Crippen LogP contribution in [0.25, 0.3) is 0 Å². The van der Waals surface area contributed by atoms with Gasteiger partial charge in [0, 0.05) is 12.2 Å². The normalized spacial score (nSPS) is 18.7. The molecule has 0 spiro atoms. The van der Waals surface area contributed by atoms with Crippen LogP contribution in [0.5, 0.6) is 0 Å². The quantitative estimate of drug-likeness (QED) is 0.857. The Kier molecular flexibility index (Phi) is 4.89. The molecule has 24 heavy (non-hydrogen) atoms. The first-order chi connectivity index (χ1) is 11.6. The predicted molar refractivity (Wildman–Crippen MR) is 89.8 cm³/mol. The Morgan fingerprint density at radius 1 is 0.958 bits per heavy atom. The molecule has 2 N–H and O–H groups in total. The molecular weight excluding hydrogens is 307 g/mol. The Labute approximate surface area is 140 Å². The Bertz CT molecular complexity index is 716. The molecule has 1 fully saturated rings. The van der Waals surface area contributed by atoms with Crippen LogP contribution < -0.4 is 10.6 Å². The van der Waals surface area contributed by atoms with Crippen molar-refractivity contribution in [3.8, 4) is 0 Å². The number of benzene rings is 2. The van der Waals surface area contributed by atoms with Crippen LogP contribution in [0.3, 0.4) is 0 Å². The SMILES string of the molecule is O=C(NCCc1ccccc1)C1CC1C(=O)Nc1ccc(F)cc1. The smallest absolute Gasteiger partial charge is 0.228 e. The van der Waals surface area contributed by atoms with Crippen molar-refractivity contribution >= 4 is 17.5 Å². The summed E-state index contributed by atoms with van der Waals surface area (Å²) >= 11 is 0. The first-order valence-electron chi connectivity index (χ1n) is 8.01. The molecule has 1 saturated carbocycles. The van der Waals surface area contributed by atoms with E-state index in [1.165, 1.54) is 29.8 Å². The van der Waals surface area contributed by atoms with Gasteiger partial charge < -0.3 is 10.6 Å². The Balaban J connectivity index is 1.41. The van der Waals surface area contributed by atoms with Gasteiger partial charge in [-0.25, -0.2) is 4.39 Å². The van der Waals surface area contributed by atoms with Gasteiger partial charge in [0.15, 0.2) is 0 Å². The maximum Gasteiger partial charge on any atom is 0.228 e. The molecule has 0 aromatic heterocycles. The molecule has 2 atom stereocenters. The lowest BCUT2D eigenvalue weighted by Gasteiger charge is -2.06. The fourth-order valence-electron chi connectivity index (χ4n) is 2.65. The molecule has 2 amide bonds. The van der Waals surface area contributed by atoms with Crippen LogP contribution in [0.2, 0.25) is 0 Å². The molecule has 3 rings (SSSR count). The highest BCUT2D eigenvalue weighted by molar-refractivity contribution is 5.99. The number of rotatable bonds is 6. The summed E-state index contributed by atoms with van der Waals surface area (Å²) in [6.07, 6.45) is 1.33. The largest absolute Gasteiger partial charge is 0.356 e. The van der Waals surface area contributed by atoms with Crippen LogP contribution >= 0.6 is 0 Å². The first-order valence-corrected chi connectivity index (χ1v) is 8.01. The third kappa shape index (κ3) is 4.19. The van der Waals surface area contributed by atoms with Crippen molar-refractivity contribution < 1.29 is 14.0 Å². The molecule has 0 radical (unpaired) electrons. The zero-order chi connectivity index (χ0) is 16.9. The van der Waals surface area contributed by atoms with Crippen molar-refractivity contribution in [2.45, 2.75) is 12.8 Å². The van der Waals surface area contributed by atoms with Gasteiger partial charge in [-0.15, -0.1) is 0 Å². The molecule has 0 bridgehead atoms. The zero-order valence-corrected chi connectivity index (χ0v) is 13.2. The number of halogens is 1. The lowest BCUT2D eigenvalue weighted by molar-refractivity contribution is -0.125. The molecule has 0 heterocycles. The summed E-state index contributed by atoms with van der Waals surface area (Å²) in [4.78, 5) is 24.2. The lowest BCUT2D eigenvalue weighted by Crippen LogP contribution is -2.29. The topological polar surface area (TPSA) is 58.2 Å². The van der Waals surface area contributed by atoms with Crippen LogP contribution in [0.1, 0.15) is 12.0 Å². The standard InChI is InChI=1S/C19H19FN2O2/c20-14-6-8-15(9-7-14)22-19(24)17-12-16(17)18(23)21-11-10-13-4-2-1-3-5-13/h1-9,16-17H,10-12H2,(H,21,23)(H,22,24). The molecule has 2 unspecified atom stereocenters. The summed E-state index contributed by atoms with van der Waals surface area (Å²) < 4.78 is 12.8. The van der Waals surface area contributed by atoms with Crippen molar-refractivity contribution in [1.82, 2.24) is 5.32 Å². The van der Waals surface area contributed by atoms with Crippen LogP contribution in [-0.4, -0.2) is 18.4 Å². The van der Waals surface area contributed by atoms with Gasteiger partial charge in [-0.3, -0.25) is 9.59 Å². The number of carbonyl (C=O) groups excluding carboxylic acids is 2. The van der Waals surface area contributed by atoms with E-state index in [0.717, 1.165) is 6.42 Å². The van der Waals surface area contributed by atoms with Gasteiger partial charge in [-0.2, -0.15) is 0 Å². The molecule has 1 aliphatic rings. The van der Waals surface area contributed by atoms with Gasteiger partial charge in [-0.1, -0.05) is 30.3 Å². The monoisotopic (exact) mass is 326 g/mol. The second kappa shape index (κ2) is 7.25. The molecular formula is C19H19FN2O2. The van der Waals surface area contributed by atoms with E-state index in [4.69, 9.17) is 0 Å². The minimum Gasteiger partial charge on any atom is -0.356 e. The summed E-state index contributed by atoms with van der Waals surface area (Å²) in [6, 6.07) is 15.5. The van der Waals surface area contributed by atoms with E-state index < -0.39 is 0 Å². The first kappa shape index (κ1) is 16.2. The van der Waals surface area contributed by atoms with Gasteiger partial charge in [-0.05, 0) is 42.7 Å². The number of anilines is 1. The number of amides is 2.